The van der Waals surface area contributed by atoms with Crippen LogP contribution in [0.5, 0.6) is 0 Å². The fourth-order valence-corrected chi connectivity index (χ4v) is 3.50. The number of hydrogen-bond donors (Lipinski definition) is 1. The number of aromatic nitrogens is 2. The minimum absolute atomic E-state index is 0.113. The van der Waals surface area contributed by atoms with Crippen molar-refractivity contribution in [3.05, 3.63) is 73.2 Å². The third-order valence-corrected chi connectivity index (χ3v) is 5.11. The van der Waals surface area contributed by atoms with Crippen LogP contribution in [0.4, 0.5) is 11.4 Å². The second-order valence-electron chi connectivity index (χ2n) is 6.20. The number of nitro benzene ring substituents is 1. The number of hydrogen-bond acceptors (Lipinski definition) is 6. The number of rotatable bonds is 3. The van der Waals surface area contributed by atoms with E-state index in [1.54, 1.807) is 6.07 Å². The Morgan fingerprint density at radius 2 is 2.07 bits per heavy atom. The molecule has 1 aliphatic heterocycles. The van der Waals surface area contributed by atoms with E-state index < -0.39 is 10.5 Å². The molecule has 1 fully saturated rings. The zero-order chi connectivity index (χ0) is 19.0. The Hall–Kier alpha value is -2.78. The smallest absolute Gasteiger partial charge is 0.293 e. The molecule has 0 radical (unpaired) electrons. The third kappa shape index (κ3) is 3.43. The number of morpholine rings is 1. The van der Waals surface area contributed by atoms with Crippen LogP contribution in [0.25, 0.3) is 10.9 Å². The van der Waals surface area contributed by atoms with E-state index >= 15 is 0 Å². The molecule has 9 heteroatoms. The largest absolute Gasteiger partial charge is 0.370 e. The van der Waals surface area contributed by atoms with Gasteiger partial charge in [-0.1, -0.05) is 28.1 Å². The number of ether oxygens (including phenoxy) is 1. The lowest BCUT2D eigenvalue weighted by molar-refractivity contribution is -0.384. The van der Waals surface area contributed by atoms with Gasteiger partial charge in [-0.2, -0.15) is 0 Å². The lowest BCUT2D eigenvalue weighted by Crippen LogP contribution is -2.38. The van der Waals surface area contributed by atoms with E-state index in [-0.39, 0.29) is 17.2 Å². The predicted octanol–water partition coefficient (Wildman–Crippen LogP) is 3.17. The minimum Gasteiger partial charge on any atom is -0.370 e. The maximum atomic E-state index is 12.0. The Balaban J connectivity index is 1.74. The van der Waals surface area contributed by atoms with Crippen molar-refractivity contribution in [1.29, 1.82) is 0 Å². The molecular weight excluding hydrogens is 416 g/mol. The first-order valence-corrected chi connectivity index (χ1v) is 9.10. The zero-order valence-electron chi connectivity index (χ0n) is 14.1. The molecule has 0 amide bonds. The molecular formula is C18H15BrN4O4. The molecule has 0 aliphatic carbocycles. The summed E-state index contributed by atoms with van der Waals surface area (Å²) in [4.78, 5) is 31.6. The first-order valence-electron chi connectivity index (χ1n) is 8.31. The number of aromatic amines is 1. The van der Waals surface area contributed by atoms with Crippen molar-refractivity contribution in [3.63, 3.8) is 0 Å². The van der Waals surface area contributed by atoms with Gasteiger partial charge in [-0.3, -0.25) is 14.9 Å². The lowest BCUT2D eigenvalue weighted by atomic mass is 10.1. The number of nitro groups is 1. The van der Waals surface area contributed by atoms with Gasteiger partial charge in [0, 0.05) is 23.6 Å². The monoisotopic (exact) mass is 430 g/mol. The Morgan fingerprint density at radius 3 is 2.81 bits per heavy atom. The highest BCUT2D eigenvalue weighted by Crippen LogP contribution is 2.34. The molecule has 1 unspecified atom stereocenters. The van der Waals surface area contributed by atoms with Crippen LogP contribution in [0.3, 0.4) is 0 Å². The number of halogens is 1. The summed E-state index contributed by atoms with van der Waals surface area (Å²) >= 11 is 3.41. The molecule has 1 atom stereocenters. The molecule has 0 spiro atoms. The quantitative estimate of drug-likeness (QED) is 0.505. The van der Waals surface area contributed by atoms with Gasteiger partial charge >= 0.3 is 0 Å². The average molecular weight is 431 g/mol. The number of H-pyrrole nitrogens is 1. The van der Waals surface area contributed by atoms with Crippen molar-refractivity contribution < 1.29 is 9.66 Å². The Bertz CT molecular complexity index is 1070. The summed E-state index contributed by atoms with van der Waals surface area (Å²) < 4.78 is 6.84. The van der Waals surface area contributed by atoms with E-state index in [0.717, 1.165) is 10.0 Å². The van der Waals surface area contributed by atoms with E-state index in [9.17, 15) is 14.9 Å². The first kappa shape index (κ1) is 17.6. The maximum Gasteiger partial charge on any atom is 0.293 e. The Morgan fingerprint density at radius 1 is 1.30 bits per heavy atom. The number of benzene rings is 2. The fraction of sp³-hybridized carbons (Fsp3) is 0.222. The molecule has 138 valence electrons. The molecule has 4 rings (SSSR count). The summed E-state index contributed by atoms with van der Waals surface area (Å²) in [5.74, 6) is 0. The third-order valence-electron chi connectivity index (χ3n) is 4.58. The summed E-state index contributed by atoms with van der Waals surface area (Å²) in [5.41, 5.74) is 1.35. The predicted molar refractivity (Wildman–Crippen MR) is 104 cm³/mol. The standard InChI is InChI=1S/C18H15BrN4O4/c19-12-3-1-11(2-4-12)17-9-22(5-6-27-17)15-8-14-13(7-16(15)23(25)26)18(24)21-10-20-14/h1-4,7-8,10,17H,5-6,9H2,(H,20,21,24). The summed E-state index contributed by atoms with van der Waals surface area (Å²) in [7, 11) is 0. The van der Waals surface area contributed by atoms with Gasteiger partial charge in [0.2, 0.25) is 0 Å². The molecule has 2 aromatic carbocycles. The van der Waals surface area contributed by atoms with Crippen LogP contribution < -0.4 is 10.5 Å². The molecule has 1 saturated heterocycles. The second kappa shape index (κ2) is 7.09. The molecule has 1 aliphatic rings. The number of nitrogens with one attached hydrogen (secondary N) is 1. The first-order chi connectivity index (χ1) is 13.0. The van der Waals surface area contributed by atoms with Crippen molar-refractivity contribution in [2.24, 2.45) is 0 Å². The minimum atomic E-state index is -0.467. The van der Waals surface area contributed by atoms with Gasteiger partial charge in [0.25, 0.3) is 11.2 Å². The molecule has 27 heavy (non-hydrogen) atoms. The summed E-state index contributed by atoms with van der Waals surface area (Å²) in [6.45, 7) is 1.43. The van der Waals surface area contributed by atoms with Crippen LogP contribution >= 0.6 is 15.9 Å². The van der Waals surface area contributed by atoms with Gasteiger partial charge in [-0.15, -0.1) is 0 Å². The van der Waals surface area contributed by atoms with Crippen LogP contribution in [-0.4, -0.2) is 34.6 Å². The molecule has 1 N–H and O–H groups in total. The highest BCUT2D eigenvalue weighted by Gasteiger charge is 2.28. The Labute approximate surface area is 162 Å². The Kier molecular flexibility index (Phi) is 4.63. The van der Waals surface area contributed by atoms with Crippen molar-refractivity contribution in [2.45, 2.75) is 6.10 Å². The number of nitrogens with zero attached hydrogens (tertiary/aromatic N) is 3. The summed E-state index contributed by atoms with van der Waals surface area (Å²) in [6.07, 6.45) is 1.10. The zero-order valence-corrected chi connectivity index (χ0v) is 15.7. The molecule has 0 bridgehead atoms. The van der Waals surface area contributed by atoms with Gasteiger partial charge < -0.3 is 14.6 Å². The second-order valence-corrected chi connectivity index (χ2v) is 7.12. The van der Waals surface area contributed by atoms with Crippen LogP contribution in [0.15, 0.2) is 52.0 Å². The van der Waals surface area contributed by atoms with Crippen molar-refractivity contribution in [1.82, 2.24) is 9.97 Å². The SMILES string of the molecule is O=c1[nH]cnc2cc(N3CCOC(c4ccc(Br)cc4)C3)c([N+](=O)[O-])cc12. The van der Waals surface area contributed by atoms with E-state index in [0.29, 0.717) is 30.9 Å². The fourth-order valence-electron chi connectivity index (χ4n) is 3.24. The highest BCUT2D eigenvalue weighted by atomic mass is 79.9. The van der Waals surface area contributed by atoms with E-state index in [4.69, 9.17) is 4.74 Å². The number of fused-ring (bicyclic) bond motifs is 1. The maximum absolute atomic E-state index is 12.0. The van der Waals surface area contributed by atoms with E-state index in [2.05, 4.69) is 25.9 Å². The van der Waals surface area contributed by atoms with E-state index in [1.807, 2.05) is 29.2 Å². The normalized spacial score (nSPS) is 17.2. The lowest BCUT2D eigenvalue weighted by Gasteiger charge is -2.34. The van der Waals surface area contributed by atoms with Gasteiger partial charge in [-0.25, -0.2) is 4.98 Å². The van der Waals surface area contributed by atoms with Gasteiger partial charge in [0.05, 0.1) is 28.8 Å². The van der Waals surface area contributed by atoms with Crippen LogP contribution in [0, 0.1) is 10.1 Å². The highest BCUT2D eigenvalue weighted by molar-refractivity contribution is 9.10. The van der Waals surface area contributed by atoms with Gasteiger partial charge in [-0.05, 0) is 23.8 Å². The van der Waals surface area contributed by atoms with Crippen molar-refractivity contribution in [3.8, 4) is 0 Å². The van der Waals surface area contributed by atoms with Gasteiger partial charge in [0.1, 0.15) is 11.8 Å². The van der Waals surface area contributed by atoms with Crippen molar-refractivity contribution in [2.75, 3.05) is 24.6 Å². The molecule has 8 nitrogen and oxygen atoms in total. The van der Waals surface area contributed by atoms with Crippen LogP contribution in [0.2, 0.25) is 0 Å². The average Bonchev–Trinajstić information content (AvgIpc) is 2.68. The van der Waals surface area contributed by atoms with Crippen LogP contribution in [-0.2, 0) is 4.74 Å². The van der Waals surface area contributed by atoms with Crippen molar-refractivity contribution >= 4 is 38.2 Å². The molecule has 1 aromatic heterocycles. The molecule has 0 saturated carbocycles. The molecule has 3 aromatic rings. The molecule has 2 heterocycles. The topological polar surface area (TPSA) is 101 Å². The van der Waals surface area contributed by atoms with Gasteiger partial charge in [0.15, 0.2) is 0 Å². The number of anilines is 1. The van der Waals surface area contributed by atoms with Crippen LogP contribution in [0.1, 0.15) is 11.7 Å². The summed E-state index contributed by atoms with van der Waals surface area (Å²) in [5, 5.41) is 11.8. The van der Waals surface area contributed by atoms with E-state index in [1.165, 1.54) is 12.4 Å². The summed E-state index contributed by atoms with van der Waals surface area (Å²) in [6, 6.07) is 10.7.